The van der Waals surface area contributed by atoms with Crippen LogP contribution in [0.3, 0.4) is 0 Å². The van der Waals surface area contributed by atoms with Crippen molar-refractivity contribution in [2.24, 2.45) is 5.84 Å². The van der Waals surface area contributed by atoms with Gasteiger partial charge in [-0.3, -0.25) is 0 Å². The van der Waals surface area contributed by atoms with E-state index in [1.807, 2.05) is 49.9 Å². The van der Waals surface area contributed by atoms with E-state index in [0.29, 0.717) is 5.82 Å². The van der Waals surface area contributed by atoms with Crippen LogP contribution in [0.25, 0.3) is 11.4 Å². The van der Waals surface area contributed by atoms with E-state index in [1.165, 1.54) is 0 Å². The number of thioether (sulfide) groups is 1. The van der Waals surface area contributed by atoms with Crippen LogP contribution < -0.4 is 16.0 Å². The molecule has 2 heterocycles. The van der Waals surface area contributed by atoms with Crippen LogP contribution >= 0.6 is 11.8 Å². The highest BCUT2D eigenvalue weighted by molar-refractivity contribution is 7.98. The summed E-state index contributed by atoms with van der Waals surface area (Å²) in [5.41, 5.74) is 5.80. The first kappa shape index (κ1) is 14.2. The lowest BCUT2D eigenvalue weighted by atomic mass is 10.1. The van der Waals surface area contributed by atoms with Gasteiger partial charge in [0, 0.05) is 22.6 Å². The van der Waals surface area contributed by atoms with Crippen LogP contribution in [0.5, 0.6) is 5.75 Å². The predicted molar refractivity (Wildman–Crippen MR) is 86.0 cm³/mol. The molecule has 0 radical (unpaired) electrons. The zero-order chi connectivity index (χ0) is 14.8. The molecule has 0 spiro atoms. The summed E-state index contributed by atoms with van der Waals surface area (Å²) < 4.78 is 5.73. The molecule has 2 aromatic rings. The molecular weight excluding hydrogens is 284 g/mol. The number of nitrogens with two attached hydrogens (primary N) is 1. The Morgan fingerprint density at radius 3 is 2.90 bits per heavy atom. The highest BCUT2D eigenvalue weighted by Crippen LogP contribution is 2.34. The second kappa shape index (κ2) is 5.91. The largest absolute Gasteiger partial charge is 0.491 e. The van der Waals surface area contributed by atoms with Crippen molar-refractivity contribution in [1.82, 2.24) is 9.97 Å². The molecule has 0 saturated heterocycles. The van der Waals surface area contributed by atoms with Crippen molar-refractivity contribution in [3.63, 3.8) is 0 Å². The van der Waals surface area contributed by atoms with E-state index in [-0.39, 0.29) is 6.10 Å². The van der Waals surface area contributed by atoms with Crippen LogP contribution in [0.4, 0.5) is 5.82 Å². The zero-order valence-corrected chi connectivity index (χ0v) is 12.9. The van der Waals surface area contributed by atoms with E-state index in [0.717, 1.165) is 39.9 Å². The summed E-state index contributed by atoms with van der Waals surface area (Å²) in [5, 5.41) is 0. The lowest BCUT2D eigenvalue weighted by Crippen LogP contribution is -2.12. The Hall–Kier alpha value is -1.79. The number of hydrogen-bond acceptors (Lipinski definition) is 6. The maximum Gasteiger partial charge on any atom is 0.161 e. The van der Waals surface area contributed by atoms with Crippen molar-refractivity contribution in [2.75, 3.05) is 5.43 Å². The fraction of sp³-hybridized carbons (Fsp3) is 0.333. The Kier molecular flexibility index (Phi) is 3.98. The third kappa shape index (κ3) is 2.96. The van der Waals surface area contributed by atoms with E-state index in [1.54, 1.807) is 0 Å². The average molecular weight is 302 g/mol. The standard InChI is InChI=1S/C15H18N4OS/c1-9(2)20-11-5-3-4-10(6-11)14-17-13-8-21-7-12(13)15(18-14)19-16/h3-6,9H,7-8,16H2,1-2H3,(H,17,18,19). The van der Waals surface area contributed by atoms with Gasteiger partial charge in [-0.25, -0.2) is 15.8 Å². The first-order valence-corrected chi connectivity index (χ1v) is 8.04. The zero-order valence-electron chi connectivity index (χ0n) is 12.1. The van der Waals surface area contributed by atoms with Gasteiger partial charge in [0.2, 0.25) is 0 Å². The van der Waals surface area contributed by atoms with E-state index in [4.69, 9.17) is 10.6 Å². The van der Waals surface area contributed by atoms with Crippen molar-refractivity contribution in [3.8, 4) is 17.1 Å². The number of nitrogens with one attached hydrogen (secondary N) is 1. The average Bonchev–Trinajstić information content (AvgIpc) is 2.94. The Bertz CT molecular complexity index is 660. The summed E-state index contributed by atoms with van der Waals surface area (Å²) in [4.78, 5) is 9.21. The summed E-state index contributed by atoms with van der Waals surface area (Å²) in [6, 6.07) is 7.84. The number of fused-ring (bicyclic) bond motifs is 1. The first-order chi connectivity index (χ1) is 10.2. The Labute approximate surface area is 128 Å². The Morgan fingerprint density at radius 1 is 1.29 bits per heavy atom. The highest BCUT2D eigenvalue weighted by atomic mass is 32.2. The van der Waals surface area contributed by atoms with Gasteiger partial charge in [-0.1, -0.05) is 12.1 Å². The topological polar surface area (TPSA) is 73.1 Å². The number of hydrazine groups is 1. The minimum atomic E-state index is 0.138. The molecular formula is C15H18N4OS. The van der Waals surface area contributed by atoms with Gasteiger partial charge in [0.25, 0.3) is 0 Å². The molecule has 1 aromatic carbocycles. The van der Waals surface area contributed by atoms with Gasteiger partial charge in [-0.05, 0) is 26.0 Å². The SMILES string of the molecule is CC(C)Oc1cccc(-c2nc3c(c(NN)n2)CSC3)c1. The molecule has 0 aliphatic carbocycles. The lowest BCUT2D eigenvalue weighted by Gasteiger charge is -2.12. The molecule has 5 nitrogen and oxygen atoms in total. The number of nitrogen functional groups attached to an aromatic ring is 1. The van der Waals surface area contributed by atoms with Crippen LogP contribution in [0.15, 0.2) is 24.3 Å². The Balaban J connectivity index is 2.00. The Morgan fingerprint density at radius 2 is 2.14 bits per heavy atom. The predicted octanol–water partition coefficient (Wildman–Crippen LogP) is 2.96. The smallest absolute Gasteiger partial charge is 0.161 e. The first-order valence-electron chi connectivity index (χ1n) is 6.88. The van der Waals surface area contributed by atoms with Gasteiger partial charge >= 0.3 is 0 Å². The van der Waals surface area contributed by atoms with Crippen molar-refractivity contribution in [1.29, 1.82) is 0 Å². The molecule has 1 aliphatic rings. The monoisotopic (exact) mass is 302 g/mol. The van der Waals surface area contributed by atoms with Gasteiger partial charge < -0.3 is 10.2 Å². The number of aromatic nitrogens is 2. The fourth-order valence-corrected chi connectivity index (χ4v) is 3.32. The van der Waals surface area contributed by atoms with Gasteiger partial charge in [0.05, 0.1) is 11.8 Å². The number of hydrogen-bond donors (Lipinski definition) is 2. The molecule has 0 bridgehead atoms. The molecule has 0 fully saturated rings. The van der Waals surface area contributed by atoms with Crippen molar-refractivity contribution in [2.45, 2.75) is 31.5 Å². The van der Waals surface area contributed by atoms with Gasteiger partial charge in [0.1, 0.15) is 11.6 Å². The summed E-state index contributed by atoms with van der Waals surface area (Å²) in [6.07, 6.45) is 0.138. The number of benzene rings is 1. The number of ether oxygens (including phenoxy) is 1. The van der Waals surface area contributed by atoms with Gasteiger partial charge in [-0.2, -0.15) is 11.8 Å². The lowest BCUT2D eigenvalue weighted by molar-refractivity contribution is 0.242. The second-order valence-electron chi connectivity index (χ2n) is 5.15. The van der Waals surface area contributed by atoms with Crippen LogP contribution in [0.2, 0.25) is 0 Å². The van der Waals surface area contributed by atoms with E-state index in [2.05, 4.69) is 15.4 Å². The van der Waals surface area contributed by atoms with E-state index >= 15 is 0 Å². The molecule has 3 rings (SSSR count). The third-order valence-electron chi connectivity index (χ3n) is 3.18. The van der Waals surface area contributed by atoms with Crippen molar-refractivity contribution >= 4 is 17.6 Å². The quantitative estimate of drug-likeness (QED) is 0.668. The third-order valence-corrected chi connectivity index (χ3v) is 4.15. The maximum absolute atomic E-state index is 5.73. The maximum atomic E-state index is 5.73. The van der Waals surface area contributed by atoms with Crippen LogP contribution in [-0.4, -0.2) is 16.1 Å². The summed E-state index contributed by atoms with van der Waals surface area (Å²) in [7, 11) is 0. The molecule has 1 aliphatic heterocycles. The highest BCUT2D eigenvalue weighted by Gasteiger charge is 2.20. The molecule has 21 heavy (non-hydrogen) atoms. The number of nitrogens with zero attached hydrogens (tertiary/aromatic N) is 2. The molecule has 0 saturated carbocycles. The van der Waals surface area contributed by atoms with Crippen molar-refractivity contribution in [3.05, 3.63) is 35.5 Å². The molecule has 0 unspecified atom stereocenters. The van der Waals surface area contributed by atoms with Crippen LogP contribution in [0, 0.1) is 0 Å². The molecule has 6 heteroatoms. The van der Waals surface area contributed by atoms with Gasteiger partial charge in [-0.15, -0.1) is 0 Å². The van der Waals surface area contributed by atoms with E-state index < -0.39 is 0 Å². The molecule has 1 aromatic heterocycles. The minimum absolute atomic E-state index is 0.138. The molecule has 3 N–H and O–H groups in total. The number of anilines is 1. The molecule has 0 amide bonds. The van der Waals surface area contributed by atoms with Crippen LogP contribution in [0.1, 0.15) is 25.1 Å². The van der Waals surface area contributed by atoms with Gasteiger partial charge in [0.15, 0.2) is 5.82 Å². The summed E-state index contributed by atoms with van der Waals surface area (Å²) in [6.45, 7) is 4.01. The van der Waals surface area contributed by atoms with Crippen molar-refractivity contribution < 1.29 is 4.74 Å². The normalized spacial score (nSPS) is 13.3. The second-order valence-corrected chi connectivity index (χ2v) is 6.14. The molecule has 110 valence electrons. The summed E-state index contributed by atoms with van der Waals surface area (Å²) in [5.74, 6) is 9.62. The summed E-state index contributed by atoms with van der Waals surface area (Å²) >= 11 is 1.83. The van der Waals surface area contributed by atoms with E-state index in [9.17, 15) is 0 Å². The minimum Gasteiger partial charge on any atom is -0.491 e. The van der Waals surface area contributed by atoms with Crippen LogP contribution in [-0.2, 0) is 11.5 Å². The molecule has 0 atom stereocenters. The fourth-order valence-electron chi connectivity index (χ4n) is 2.28. The number of rotatable bonds is 4.